The van der Waals surface area contributed by atoms with Gasteiger partial charge in [0.25, 0.3) is 5.91 Å². The standard InChI is InChI=1S/C12H20N2O3/c1-4-9-5-6-10(14(9)2)12(16)13-8-7-11(15)17-3/h6,9H,4-5,7-8H2,1-3H3,(H,13,16). The monoisotopic (exact) mass is 240 g/mol. The van der Waals surface area contributed by atoms with Crippen molar-refractivity contribution in [2.75, 3.05) is 20.7 Å². The van der Waals surface area contributed by atoms with Crippen LogP contribution in [0.5, 0.6) is 0 Å². The Morgan fingerprint density at radius 2 is 2.29 bits per heavy atom. The number of ether oxygens (including phenoxy) is 1. The van der Waals surface area contributed by atoms with E-state index in [9.17, 15) is 9.59 Å². The average molecular weight is 240 g/mol. The van der Waals surface area contributed by atoms with E-state index in [2.05, 4.69) is 17.0 Å². The molecule has 0 saturated carbocycles. The van der Waals surface area contributed by atoms with Gasteiger partial charge >= 0.3 is 5.97 Å². The lowest BCUT2D eigenvalue weighted by atomic mass is 10.2. The maximum Gasteiger partial charge on any atom is 0.307 e. The molecule has 1 aliphatic heterocycles. The Balaban J connectivity index is 2.36. The molecule has 1 amide bonds. The van der Waals surface area contributed by atoms with E-state index in [1.54, 1.807) is 0 Å². The molecule has 17 heavy (non-hydrogen) atoms. The second-order valence-corrected chi connectivity index (χ2v) is 4.08. The predicted molar refractivity (Wildman–Crippen MR) is 64.2 cm³/mol. The molecule has 5 heteroatoms. The Hall–Kier alpha value is -1.52. The zero-order chi connectivity index (χ0) is 12.8. The summed E-state index contributed by atoms with van der Waals surface area (Å²) in [6, 6.07) is 0.413. The van der Waals surface area contributed by atoms with E-state index in [-0.39, 0.29) is 18.3 Å². The molecule has 1 aliphatic rings. The number of nitrogens with zero attached hydrogens (tertiary/aromatic N) is 1. The molecule has 1 rings (SSSR count). The molecular weight excluding hydrogens is 220 g/mol. The Morgan fingerprint density at radius 3 is 2.82 bits per heavy atom. The summed E-state index contributed by atoms with van der Waals surface area (Å²) in [6.07, 6.45) is 4.08. The summed E-state index contributed by atoms with van der Waals surface area (Å²) in [6.45, 7) is 2.42. The first-order valence-electron chi connectivity index (χ1n) is 5.88. The van der Waals surface area contributed by atoms with Crippen LogP contribution >= 0.6 is 0 Å². The highest BCUT2D eigenvalue weighted by Gasteiger charge is 2.25. The van der Waals surface area contributed by atoms with Crippen molar-refractivity contribution in [2.45, 2.75) is 32.2 Å². The van der Waals surface area contributed by atoms with Crippen molar-refractivity contribution in [1.29, 1.82) is 0 Å². The molecule has 0 aliphatic carbocycles. The van der Waals surface area contributed by atoms with Crippen LogP contribution in [-0.4, -0.2) is 43.5 Å². The molecule has 1 atom stereocenters. The van der Waals surface area contributed by atoms with E-state index in [0.717, 1.165) is 12.8 Å². The van der Waals surface area contributed by atoms with Crippen LogP contribution < -0.4 is 5.32 Å². The lowest BCUT2D eigenvalue weighted by molar-refractivity contribution is -0.140. The highest BCUT2D eigenvalue weighted by molar-refractivity contribution is 5.93. The van der Waals surface area contributed by atoms with Crippen LogP contribution in [0.1, 0.15) is 26.2 Å². The molecular formula is C12H20N2O3. The number of carbonyl (C=O) groups is 2. The molecule has 1 N–H and O–H groups in total. The summed E-state index contributed by atoms with van der Waals surface area (Å²) in [5.74, 6) is -0.433. The van der Waals surface area contributed by atoms with Gasteiger partial charge < -0.3 is 15.0 Å². The van der Waals surface area contributed by atoms with Crippen LogP contribution in [0.15, 0.2) is 11.8 Å². The number of rotatable bonds is 5. The molecule has 0 aromatic carbocycles. The van der Waals surface area contributed by atoms with Crippen molar-refractivity contribution in [3.05, 3.63) is 11.8 Å². The van der Waals surface area contributed by atoms with Gasteiger partial charge in [0.15, 0.2) is 0 Å². The third-order valence-electron chi connectivity index (χ3n) is 3.06. The molecule has 5 nitrogen and oxygen atoms in total. The van der Waals surface area contributed by atoms with Gasteiger partial charge in [-0.1, -0.05) is 13.0 Å². The third-order valence-corrected chi connectivity index (χ3v) is 3.06. The number of likely N-dealkylation sites (N-methyl/N-ethyl adjacent to an activating group) is 1. The van der Waals surface area contributed by atoms with Crippen molar-refractivity contribution in [3.63, 3.8) is 0 Å². The maximum absolute atomic E-state index is 11.8. The lowest BCUT2D eigenvalue weighted by Gasteiger charge is -2.23. The van der Waals surface area contributed by atoms with Gasteiger partial charge in [0.2, 0.25) is 0 Å². The van der Waals surface area contributed by atoms with Gasteiger partial charge in [-0.05, 0) is 12.8 Å². The summed E-state index contributed by atoms with van der Waals surface area (Å²) < 4.78 is 4.50. The number of amides is 1. The van der Waals surface area contributed by atoms with Crippen LogP contribution in [0.25, 0.3) is 0 Å². The summed E-state index contributed by atoms with van der Waals surface area (Å²) in [5, 5.41) is 2.72. The largest absolute Gasteiger partial charge is 0.469 e. The first-order valence-corrected chi connectivity index (χ1v) is 5.88. The lowest BCUT2D eigenvalue weighted by Crippen LogP contribution is -2.35. The number of hydrogen-bond donors (Lipinski definition) is 1. The molecule has 96 valence electrons. The Morgan fingerprint density at radius 1 is 1.59 bits per heavy atom. The molecule has 0 spiro atoms. The third kappa shape index (κ3) is 3.47. The first-order chi connectivity index (χ1) is 8.10. The number of carbonyl (C=O) groups excluding carboxylic acids is 2. The van der Waals surface area contributed by atoms with Crippen molar-refractivity contribution in [1.82, 2.24) is 10.2 Å². The molecule has 0 radical (unpaired) electrons. The quantitative estimate of drug-likeness (QED) is 0.717. The zero-order valence-electron chi connectivity index (χ0n) is 10.7. The molecule has 1 heterocycles. The molecule has 0 saturated heterocycles. The minimum atomic E-state index is -0.314. The number of methoxy groups -OCH3 is 1. The number of hydrogen-bond acceptors (Lipinski definition) is 4. The van der Waals surface area contributed by atoms with E-state index in [1.807, 2.05) is 18.0 Å². The fraction of sp³-hybridized carbons (Fsp3) is 0.667. The minimum absolute atomic E-state index is 0.118. The number of nitrogens with one attached hydrogen (secondary N) is 1. The number of esters is 1. The van der Waals surface area contributed by atoms with E-state index in [4.69, 9.17) is 0 Å². The van der Waals surface area contributed by atoms with Gasteiger partial charge in [0.05, 0.1) is 19.2 Å². The Labute approximate surface area is 102 Å². The van der Waals surface area contributed by atoms with Crippen molar-refractivity contribution >= 4 is 11.9 Å². The van der Waals surface area contributed by atoms with Crippen LogP contribution in [0.2, 0.25) is 0 Å². The van der Waals surface area contributed by atoms with Crippen LogP contribution in [0, 0.1) is 0 Å². The van der Waals surface area contributed by atoms with E-state index >= 15 is 0 Å². The summed E-state index contributed by atoms with van der Waals surface area (Å²) >= 11 is 0. The highest BCUT2D eigenvalue weighted by Crippen LogP contribution is 2.21. The Kier molecular flexibility index (Phi) is 5.00. The SMILES string of the molecule is CCC1CC=C(C(=O)NCCC(=O)OC)N1C. The topological polar surface area (TPSA) is 58.6 Å². The van der Waals surface area contributed by atoms with Gasteiger partial charge in [-0.3, -0.25) is 9.59 Å². The van der Waals surface area contributed by atoms with E-state index in [1.165, 1.54) is 7.11 Å². The van der Waals surface area contributed by atoms with Gasteiger partial charge in [-0.15, -0.1) is 0 Å². The van der Waals surface area contributed by atoms with Gasteiger partial charge in [-0.2, -0.15) is 0 Å². The molecule has 0 aromatic heterocycles. The minimum Gasteiger partial charge on any atom is -0.469 e. The second kappa shape index (κ2) is 6.27. The highest BCUT2D eigenvalue weighted by atomic mass is 16.5. The normalized spacial score (nSPS) is 18.9. The Bertz CT molecular complexity index is 326. The van der Waals surface area contributed by atoms with Crippen LogP contribution in [0.4, 0.5) is 0 Å². The van der Waals surface area contributed by atoms with E-state index < -0.39 is 0 Å². The maximum atomic E-state index is 11.8. The first kappa shape index (κ1) is 13.5. The van der Waals surface area contributed by atoms with Gasteiger partial charge in [-0.25, -0.2) is 0 Å². The van der Waals surface area contributed by atoms with Crippen LogP contribution in [0.3, 0.4) is 0 Å². The van der Waals surface area contributed by atoms with Crippen molar-refractivity contribution in [3.8, 4) is 0 Å². The van der Waals surface area contributed by atoms with Crippen molar-refractivity contribution < 1.29 is 14.3 Å². The second-order valence-electron chi connectivity index (χ2n) is 4.08. The molecule has 0 fully saturated rings. The molecule has 0 aromatic rings. The van der Waals surface area contributed by atoms with Gasteiger partial charge in [0.1, 0.15) is 0 Å². The molecule has 0 bridgehead atoms. The fourth-order valence-corrected chi connectivity index (χ4v) is 1.91. The van der Waals surface area contributed by atoms with Crippen molar-refractivity contribution in [2.24, 2.45) is 0 Å². The van der Waals surface area contributed by atoms with E-state index in [0.29, 0.717) is 18.3 Å². The predicted octanol–water partition coefficient (Wildman–Crippen LogP) is 0.664. The fourth-order valence-electron chi connectivity index (χ4n) is 1.91. The summed E-state index contributed by atoms with van der Waals surface area (Å²) in [4.78, 5) is 24.7. The van der Waals surface area contributed by atoms with Crippen LogP contribution in [-0.2, 0) is 14.3 Å². The molecule has 1 unspecified atom stereocenters. The summed E-state index contributed by atoms with van der Waals surface area (Å²) in [7, 11) is 3.26. The van der Waals surface area contributed by atoms with Gasteiger partial charge in [0, 0.05) is 19.6 Å². The smallest absolute Gasteiger partial charge is 0.307 e. The zero-order valence-corrected chi connectivity index (χ0v) is 10.7. The summed E-state index contributed by atoms with van der Waals surface area (Å²) in [5.41, 5.74) is 0.696. The average Bonchev–Trinajstić information content (AvgIpc) is 2.70.